The summed E-state index contributed by atoms with van der Waals surface area (Å²) < 4.78 is 20.5. The molecule has 0 spiro atoms. The highest BCUT2D eigenvalue weighted by Gasteiger charge is 2.11. The van der Waals surface area contributed by atoms with Gasteiger partial charge in [0, 0.05) is 10.9 Å². The number of para-hydroxylation sites is 1. The van der Waals surface area contributed by atoms with Crippen LogP contribution in [0.2, 0.25) is 0 Å². The van der Waals surface area contributed by atoms with Gasteiger partial charge in [0.2, 0.25) is 0 Å². The second-order valence-corrected chi connectivity index (χ2v) is 6.56. The summed E-state index contributed by atoms with van der Waals surface area (Å²) in [6.07, 6.45) is 0. The van der Waals surface area contributed by atoms with E-state index in [1.54, 1.807) is 29.5 Å². The van der Waals surface area contributed by atoms with Crippen molar-refractivity contribution in [1.82, 2.24) is 4.98 Å². The molecule has 0 aliphatic heterocycles. The third-order valence-electron chi connectivity index (χ3n) is 3.86. The minimum Gasteiger partial charge on any atom is -0.485 e. The molecule has 4 rings (SSSR count). The standard InChI is InChI=1S/C19H14FNO2S/c20-14-7-8-15-12(9-14)5-6-13(10-22)19(15)23-11-18-21-16-3-1-2-4-17(16)24-18/h1-9,22H,10-11H2. The van der Waals surface area contributed by atoms with Crippen LogP contribution in [0.15, 0.2) is 54.6 Å². The van der Waals surface area contributed by atoms with Crippen LogP contribution in [0.5, 0.6) is 5.75 Å². The Labute approximate surface area is 142 Å². The molecule has 1 aromatic heterocycles. The number of aromatic nitrogens is 1. The molecule has 4 aromatic rings. The van der Waals surface area contributed by atoms with E-state index in [0.717, 1.165) is 26.0 Å². The lowest BCUT2D eigenvalue weighted by atomic mass is 10.1. The molecule has 0 fully saturated rings. The van der Waals surface area contributed by atoms with E-state index in [9.17, 15) is 9.50 Å². The van der Waals surface area contributed by atoms with Gasteiger partial charge >= 0.3 is 0 Å². The van der Waals surface area contributed by atoms with Crippen molar-refractivity contribution in [3.05, 3.63) is 71.0 Å². The van der Waals surface area contributed by atoms with E-state index >= 15 is 0 Å². The molecule has 0 radical (unpaired) electrons. The van der Waals surface area contributed by atoms with E-state index in [1.165, 1.54) is 12.1 Å². The van der Waals surface area contributed by atoms with Gasteiger partial charge in [-0.1, -0.05) is 24.3 Å². The number of aliphatic hydroxyl groups excluding tert-OH is 1. The van der Waals surface area contributed by atoms with E-state index in [0.29, 0.717) is 17.9 Å². The summed E-state index contributed by atoms with van der Waals surface area (Å²) in [7, 11) is 0. The molecule has 3 aromatic carbocycles. The molecule has 0 unspecified atom stereocenters. The Kier molecular flexibility index (Phi) is 3.88. The first kappa shape index (κ1) is 15.1. The van der Waals surface area contributed by atoms with Gasteiger partial charge in [0.1, 0.15) is 23.2 Å². The maximum Gasteiger partial charge on any atom is 0.140 e. The van der Waals surface area contributed by atoms with Crippen molar-refractivity contribution in [3.8, 4) is 5.75 Å². The molecule has 0 amide bonds. The molecule has 3 nitrogen and oxygen atoms in total. The highest BCUT2D eigenvalue weighted by atomic mass is 32.1. The number of ether oxygens (including phenoxy) is 1. The molecule has 1 heterocycles. The first-order valence-electron chi connectivity index (χ1n) is 7.54. The Bertz CT molecular complexity index is 995. The fraction of sp³-hybridized carbons (Fsp3) is 0.105. The van der Waals surface area contributed by atoms with Crippen LogP contribution in [0.4, 0.5) is 4.39 Å². The van der Waals surface area contributed by atoms with Gasteiger partial charge in [0.05, 0.1) is 16.8 Å². The van der Waals surface area contributed by atoms with E-state index in [4.69, 9.17) is 4.74 Å². The number of hydrogen-bond acceptors (Lipinski definition) is 4. The number of nitrogens with zero attached hydrogens (tertiary/aromatic N) is 1. The summed E-state index contributed by atoms with van der Waals surface area (Å²) >= 11 is 1.58. The van der Waals surface area contributed by atoms with Gasteiger partial charge in [0.25, 0.3) is 0 Å². The molecule has 0 aliphatic rings. The average Bonchev–Trinajstić information content (AvgIpc) is 3.02. The Balaban J connectivity index is 1.70. The third-order valence-corrected chi connectivity index (χ3v) is 4.87. The quantitative estimate of drug-likeness (QED) is 0.588. The van der Waals surface area contributed by atoms with E-state index < -0.39 is 0 Å². The Morgan fingerprint density at radius 2 is 1.96 bits per heavy atom. The van der Waals surface area contributed by atoms with Crippen LogP contribution in [0.25, 0.3) is 21.0 Å². The zero-order valence-electron chi connectivity index (χ0n) is 12.7. The smallest absolute Gasteiger partial charge is 0.140 e. The number of aliphatic hydroxyl groups is 1. The van der Waals surface area contributed by atoms with Crippen molar-refractivity contribution in [3.63, 3.8) is 0 Å². The molecule has 5 heteroatoms. The van der Waals surface area contributed by atoms with Gasteiger partial charge < -0.3 is 9.84 Å². The van der Waals surface area contributed by atoms with Gasteiger partial charge in [0.15, 0.2) is 0 Å². The lowest BCUT2D eigenvalue weighted by Gasteiger charge is -2.12. The van der Waals surface area contributed by atoms with E-state index in [1.807, 2.05) is 24.3 Å². The maximum absolute atomic E-state index is 13.4. The average molecular weight is 339 g/mol. The molecule has 0 bridgehead atoms. The molecule has 0 aliphatic carbocycles. The zero-order valence-corrected chi connectivity index (χ0v) is 13.5. The van der Waals surface area contributed by atoms with Crippen LogP contribution in [-0.4, -0.2) is 10.1 Å². The summed E-state index contributed by atoms with van der Waals surface area (Å²) in [5.74, 6) is 0.283. The first-order chi connectivity index (χ1) is 11.7. The van der Waals surface area contributed by atoms with Crippen molar-refractivity contribution >= 4 is 32.3 Å². The van der Waals surface area contributed by atoms with Crippen molar-refractivity contribution in [2.75, 3.05) is 0 Å². The van der Waals surface area contributed by atoms with E-state index in [-0.39, 0.29) is 12.4 Å². The summed E-state index contributed by atoms with van der Waals surface area (Å²) in [6, 6.07) is 16.0. The third kappa shape index (κ3) is 2.72. The topological polar surface area (TPSA) is 42.4 Å². The molecule has 0 saturated heterocycles. The number of rotatable bonds is 4. The molecule has 0 atom stereocenters. The Hall–Kier alpha value is -2.50. The second kappa shape index (κ2) is 6.19. The first-order valence-corrected chi connectivity index (χ1v) is 8.35. The van der Waals surface area contributed by atoms with Crippen LogP contribution in [-0.2, 0) is 13.2 Å². The molecule has 24 heavy (non-hydrogen) atoms. The Morgan fingerprint density at radius 3 is 2.79 bits per heavy atom. The van der Waals surface area contributed by atoms with Crippen molar-refractivity contribution in [2.24, 2.45) is 0 Å². The highest BCUT2D eigenvalue weighted by molar-refractivity contribution is 7.18. The number of fused-ring (bicyclic) bond motifs is 2. The van der Waals surface area contributed by atoms with Crippen LogP contribution < -0.4 is 4.74 Å². The lowest BCUT2D eigenvalue weighted by Crippen LogP contribution is -1.99. The summed E-state index contributed by atoms with van der Waals surface area (Å²) in [4.78, 5) is 4.55. The van der Waals surface area contributed by atoms with Crippen LogP contribution in [0, 0.1) is 5.82 Å². The van der Waals surface area contributed by atoms with Gasteiger partial charge in [-0.15, -0.1) is 11.3 Å². The summed E-state index contributed by atoms with van der Waals surface area (Å²) in [5.41, 5.74) is 1.62. The maximum atomic E-state index is 13.4. The fourth-order valence-electron chi connectivity index (χ4n) is 2.73. The largest absolute Gasteiger partial charge is 0.485 e. The minimum atomic E-state index is -0.295. The number of thiazole rings is 1. The number of hydrogen-bond donors (Lipinski definition) is 1. The molecular weight excluding hydrogens is 325 g/mol. The second-order valence-electron chi connectivity index (χ2n) is 5.44. The Morgan fingerprint density at radius 1 is 1.08 bits per heavy atom. The number of halogens is 1. The van der Waals surface area contributed by atoms with Crippen molar-refractivity contribution < 1.29 is 14.2 Å². The van der Waals surface area contributed by atoms with E-state index in [2.05, 4.69) is 4.98 Å². The normalized spacial score (nSPS) is 11.2. The van der Waals surface area contributed by atoms with Crippen LogP contribution in [0.1, 0.15) is 10.6 Å². The van der Waals surface area contributed by atoms with Gasteiger partial charge in [-0.3, -0.25) is 0 Å². The van der Waals surface area contributed by atoms with Crippen molar-refractivity contribution in [1.29, 1.82) is 0 Å². The molecule has 120 valence electrons. The predicted octanol–water partition coefficient (Wildman–Crippen LogP) is 4.66. The monoisotopic (exact) mass is 339 g/mol. The minimum absolute atomic E-state index is 0.136. The summed E-state index contributed by atoms with van der Waals surface area (Å²) in [5, 5.41) is 12.0. The predicted molar refractivity (Wildman–Crippen MR) is 93.8 cm³/mol. The zero-order chi connectivity index (χ0) is 16.5. The van der Waals surface area contributed by atoms with Crippen molar-refractivity contribution in [2.45, 2.75) is 13.2 Å². The molecule has 1 N–H and O–H groups in total. The number of benzene rings is 3. The van der Waals surface area contributed by atoms with Crippen LogP contribution >= 0.6 is 11.3 Å². The van der Waals surface area contributed by atoms with Gasteiger partial charge in [-0.05, 0) is 35.7 Å². The molecule has 0 saturated carbocycles. The van der Waals surface area contributed by atoms with Crippen LogP contribution in [0.3, 0.4) is 0 Å². The SMILES string of the molecule is OCc1ccc2cc(F)ccc2c1OCc1nc2ccccc2s1. The summed E-state index contributed by atoms with van der Waals surface area (Å²) in [6.45, 7) is 0.172. The highest BCUT2D eigenvalue weighted by Crippen LogP contribution is 2.32. The fourth-order valence-corrected chi connectivity index (χ4v) is 3.61. The van der Waals surface area contributed by atoms with Gasteiger partial charge in [-0.25, -0.2) is 9.37 Å². The molecular formula is C19H14FNO2S. The lowest BCUT2D eigenvalue weighted by molar-refractivity contribution is 0.260. The van der Waals surface area contributed by atoms with Gasteiger partial charge in [-0.2, -0.15) is 0 Å².